The molecule has 152 valence electrons. The molecule has 0 aliphatic carbocycles. The number of carbonyl (C=O) groups excluding carboxylic acids is 1. The lowest BCUT2D eigenvalue weighted by molar-refractivity contribution is -0.385. The van der Waals surface area contributed by atoms with Crippen molar-refractivity contribution < 1.29 is 18.1 Å². The molecule has 0 saturated carbocycles. The van der Waals surface area contributed by atoms with Crippen molar-refractivity contribution in [1.29, 1.82) is 0 Å². The normalized spacial score (nSPS) is 15.3. The van der Waals surface area contributed by atoms with Gasteiger partial charge in [-0.2, -0.15) is 9.41 Å². The Labute approximate surface area is 168 Å². The fourth-order valence-corrected chi connectivity index (χ4v) is 4.60. The smallest absolute Gasteiger partial charge is 0.267 e. The number of amides is 1. The van der Waals surface area contributed by atoms with E-state index < -0.39 is 20.9 Å². The van der Waals surface area contributed by atoms with E-state index in [1.807, 2.05) is 0 Å². The second-order valence-corrected chi connectivity index (χ2v) is 8.45. The van der Waals surface area contributed by atoms with Gasteiger partial charge in [0.1, 0.15) is 0 Å². The average molecular weight is 416 g/mol. The summed E-state index contributed by atoms with van der Waals surface area (Å²) in [5.74, 6) is -0.615. The first-order chi connectivity index (χ1) is 13.9. The van der Waals surface area contributed by atoms with Crippen molar-refractivity contribution in [3.63, 3.8) is 0 Å². The van der Waals surface area contributed by atoms with Crippen molar-refractivity contribution in [2.75, 3.05) is 13.1 Å². The molecule has 0 unspecified atom stereocenters. The van der Waals surface area contributed by atoms with E-state index in [-0.39, 0.29) is 21.7 Å². The predicted octanol–water partition coefficient (Wildman–Crippen LogP) is 2.53. The van der Waals surface area contributed by atoms with Gasteiger partial charge in [-0.25, -0.2) is 13.8 Å². The van der Waals surface area contributed by atoms with Gasteiger partial charge in [-0.15, -0.1) is 0 Å². The van der Waals surface area contributed by atoms with Gasteiger partial charge in [0.25, 0.3) is 11.6 Å². The first-order valence-electron chi connectivity index (χ1n) is 9.06. The summed E-state index contributed by atoms with van der Waals surface area (Å²) in [4.78, 5) is 22.8. The molecule has 29 heavy (non-hydrogen) atoms. The number of rotatable bonds is 6. The van der Waals surface area contributed by atoms with Gasteiger partial charge in [0.2, 0.25) is 10.0 Å². The first kappa shape index (κ1) is 20.6. The van der Waals surface area contributed by atoms with Crippen molar-refractivity contribution >= 4 is 27.8 Å². The first-order valence-corrected chi connectivity index (χ1v) is 10.5. The highest BCUT2D eigenvalue weighted by atomic mass is 32.2. The lowest BCUT2D eigenvalue weighted by atomic mass is 10.2. The maximum Gasteiger partial charge on any atom is 0.278 e. The maximum atomic E-state index is 12.8. The molecular formula is C19H20N4O5S. The minimum atomic E-state index is -3.66. The zero-order chi connectivity index (χ0) is 20.9. The van der Waals surface area contributed by atoms with Gasteiger partial charge in [-0.3, -0.25) is 14.9 Å². The van der Waals surface area contributed by atoms with Crippen LogP contribution in [0.1, 0.15) is 35.2 Å². The third-order valence-corrected chi connectivity index (χ3v) is 6.45. The highest BCUT2D eigenvalue weighted by molar-refractivity contribution is 7.89. The van der Waals surface area contributed by atoms with Crippen molar-refractivity contribution in [3.05, 3.63) is 69.8 Å². The molecule has 0 bridgehead atoms. The molecule has 10 heteroatoms. The van der Waals surface area contributed by atoms with Crippen molar-refractivity contribution in [1.82, 2.24) is 9.73 Å². The Kier molecular flexibility index (Phi) is 6.35. The number of hydrogen-bond acceptors (Lipinski definition) is 6. The molecule has 1 aliphatic heterocycles. The van der Waals surface area contributed by atoms with Crippen LogP contribution in [0.25, 0.3) is 0 Å². The van der Waals surface area contributed by atoms with Gasteiger partial charge in [0, 0.05) is 24.7 Å². The number of para-hydroxylation sites is 1. The van der Waals surface area contributed by atoms with Crippen LogP contribution in [0.2, 0.25) is 0 Å². The fraction of sp³-hybridized carbons (Fsp3) is 0.263. The van der Waals surface area contributed by atoms with E-state index in [1.165, 1.54) is 53.0 Å². The number of nitro benzene ring substituents is 1. The van der Waals surface area contributed by atoms with E-state index in [0.717, 1.165) is 19.3 Å². The number of hydrazone groups is 1. The Bertz CT molecular complexity index is 1050. The number of piperidine rings is 1. The molecule has 1 aliphatic rings. The molecule has 0 spiro atoms. The minimum absolute atomic E-state index is 0.0507. The van der Waals surface area contributed by atoms with Crippen LogP contribution in [-0.2, 0) is 10.0 Å². The number of nitro groups is 1. The molecule has 1 heterocycles. The topological polar surface area (TPSA) is 122 Å². The van der Waals surface area contributed by atoms with E-state index in [1.54, 1.807) is 6.07 Å². The largest absolute Gasteiger partial charge is 0.278 e. The lowest BCUT2D eigenvalue weighted by Crippen LogP contribution is -2.35. The van der Waals surface area contributed by atoms with E-state index in [0.29, 0.717) is 13.1 Å². The molecule has 9 nitrogen and oxygen atoms in total. The van der Waals surface area contributed by atoms with Crippen LogP contribution in [0.15, 0.2) is 58.5 Å². The molecule has 3 rings (SSSR count). The van der Waals surface area contributed by atoms with Crippen molar-refractivity contribution in [3.8, 4) is 0 Å². The van der Waals surface area contributed by atoms with Gasteiger partial charge < -0.3 is 0 Å². The molecule has 1 saturated heterocycles. The van der Waals surface area contributed by atoms with Crippen LogP contribution in [0.5, 0.6) is 0 Å². The Morgan fingerprint density at radius 1 is 1.10 bits per heavy atom. The van der Waals surface area contributed by atoms with Crippen molar-refractivity contribution in [2.45, 2.75) is 24.2 Å². The Balaban J connectivity index is 1.74. The number of nitrogens with zero attached hydrogens (tertiary/aromatic N) is 3. The predicted molar refractivity (Wildman–Crippen MR) is 107 cm³/mol. The van der Waals surface area contributed by atoms with E-state index in [2.05, 4.69) is 10.5 Å². The monoisotopic (exact) mass is 416 g/mol. The maximum absolute atomic E-state index is 12.8. The molecule has 2 aromatic carbocycles. The Morgan fingerprint density at radius 2 is 1.83 bits per heavy atom. The molecule has 0 radical (unpaired) electrons. The van der Waals surface area contributed by atoms with Crippen LogP contribution >= 0.6 is 0 Å². The van der Waals surface area contributed by atoms with Gasteiger partial charge in [-0.05, 0) is 37.1 Å². The second-order valence-electron chi connectivity index (χ2n) is 6.51. The summed E-state index contributed by atoms with van der Waals surface area (Å²) in [6.07, 6.45) is 3.82. The fourth-order valence-electron chi connectivity index (χ4n) is 3.04. The molecule has 2 aromatic rings. The van der Waals surface area contributed by atoms with Gasteiger partial charge >= 0.3 is 0 Å². The number of hydrogen-bond donors (Lipinski definition) is 1. The molecule has 1 amide bonds. The zero-order valence-corrected chi connectivity index (χ0v) is 16.3. The summed E-state index contributed by atoms with van der Waals surface area (Å²) in [7, 11) is -3.66. The summed E-state index contributed by atoms with van der Waals surface area (Å²) in [6.45, 7) is 0.942. The number of carbonyl (C=O) groups is 1. The van der Waals surface area contributed by atoms with Crippen LogP contribution in [0, 0.1) is 10.1 Å². The quantitative estimate of drug-likeness (QED) is 0.440. The van der Waals surface area contributed by atoms with Gasteiger partial charge in [-0.1, -0.05) is 24.6 Å². The Hall–Kier alpha value is -3.11. The van der Waals surface area contributed by atoms with Crippen LogP contribution in [0.4, 0.5) is 5.69 Å². The Morgan fingerprint density at radius 3 is 2.55 bits per heavy atom. The summed E-state index contributed by atoms with van der Waals surface area (Å²) in [6, 6.07) is 11.7. The van der Waals surface area contributed by atoms with Gasteiger partial charge in [0.05, 0.1) is 21.6 Å². The molecular weight excluding hydrogens is 396 g/mol. The average Bonchev–Trinajstić information content (AvgIpc) is 2.74. The standard InChI is InChI=1S/C19H20N4O5S/c24-19(21-20-14-16-7-2-3-10-18(16)23(25)26)15-8-6-9-17(13-15)29(27,28)22-11-4-1-5-12-22/h2-3,6-10,13-14H,1,4-5,11-12H2,(H,21,24)/b20-14-. The van der Waals surface area contributed by atoms with E-state index >= 15 is 0 Å². The minimum Gasteiger partial charge on any atom is -0.267 e. The van der Waals surface area contributed by atoms with Gasteiger partial charge in [0.15, 0.2) is 0 Å². The zero-order valence-electron chi connectivity index (χ0n) is 15.5. The van der Waals surface area contributed by atoms with Crippen LogP contribution in [0.3, 0.4) is 0 Å². The number of sulfonamides is 1. The number of nitrogens with one attached hydrogen (secondary N) is 1. The molecule has 1 N–H and O–H groups in total. The lowest BCUT2D eigenvalue weighted by Gasteiger charge is -2.25. The highest BCUT2D eigenvalue weighted by Gasteiger charge is 2.26. The molecule has 1 fully saturated rings. The molecule has 0 aromatic heterocycles. The van der Waals surface area contributed by atoms with Crippen molar-refractivity contribution in [2.24, 2.45) is 5.10 Å². The van der Waals surface area contributed by atoms with E-state index in [9.17, 15) is 23.3 Å². The van der Waals surface area contributed by atoms with Crippen LogP contribution < -0.4 is 5.43 Å². The second kappa shape index (κ2) is 8.93. The molecule has 0 atom stereocenters. The summed E-state index contributed by atoms with van der Waals surface area (Å²) in [5.41, 5.74) is 2.50. The van der Waals surface area contributed by atoms with Crippen LogP contribution in [-0.4, -0.2) is 42.9 Å². The summed E-state index contributed by atoms with van der Waals surface area (Å²) < 4.78 is 27.0. The number of benzene rings is 2. The summed E-state index contributed by atoms with van der Waals surface area (Å²) >= 11 is 0. The SMILES string of the molecule is O=C(N/N=C\c1ccccc1[N+](=O)[O-])c1cccc(S(=O)(=O)N2CCCCC2)c1. The van der Waals surface area contributed by atoms with E-state index in [4.69, 9.17) is 0 Å². The highest BCUT2D eigenvalue weighted by Crippen LogP contribution is 2.21. The third-order valence-electron chi connectivity index (χ3n) is 4.55. The third kappa shape index (κ3) is 4.84. The summed E-state index contributed by atoms with van der Waals surface area (Å²) in [5, 5.41) is 14.8.